The van der Waals surface area contributed by atoms with E-state index in [2.05, 4.69) is 10.3 Å². The Bertz CT molecular complexity index is 1340. The Morgan fingerprint density at radius 3 is 2.64 bits per heavy atom. The van der Waals surface area contributed by atoms with Crippen molar-refractivity contribution in [3.8, 4) is 11.3 Å². The summed E-state index contributed by atoms with van der Waals surface area (Å²) in [5, 5.41) is 4.56. The minimum Gasteiger partial charge on any atom is -0.459 e. The van der Waals surface area contributed by atoms with Crippen LogP contribution in [0.1, 0.15) is 34.7 Å². The van der Waals surface area contributed by atoms with E-state index in [0.29, 0.717) is 21.5 Å². The molecule has 0 radical (unpaired) electrons. The number of pyridine rings is 1. The maximum absolute atomic E-state index is 14.0. The van der Waals surface area contributed by atoms with Crippen LogP contribution in [0.4, 0.5) is 10.1 Å². The molecule has 0 saturated carbocycles. The highest BCUT2D eigenvalue weighted by molar-refractivity contribution is 7.80. The smallest absolute Gasteiger partial charge is 0.174 e. The number of halogens is 2. The molecule has 166 valence electrons. The molecule has 2 aromatic heterocycles. The zero-order valence-corrected chi connectivity index (χ0v) is 19.6. The second-order valence-corrected chi connectivity index (χ2v) is 8.91. The first-order chi connectivity index (χ1) is 15.9. The summed E-state index contributed by atoms with van der Waals surface area (Å²) >= 11 is 12.0. The molecule has 2 unspecified atom stereocenters. The second-order valence-electron chi connectivity index (χ2n) is 8.09. The molecule has 1 aliphatic heterocycles. The molecule has 2 aromatic carbocycles. The number of aryl methyl sites for hydroxylation is 2. The fourth-order valence-electron chi connectivity index (χ4n) is 4.22. The first-order valence-corrected chi connectivity index (χ1v) is 11.3. The van der Waals surface area contributed by atoms with Gasteiger partial charge < -0.3 is 14.6 Å². The predicted octanol–water partition coefficient (Wildman–Crippen LogP) is 6.93. The van der Waals surface area contributed by atoms with Gasteiger partial charge in [0.15, 0.2) is 5.11 Å². The summed E-state index contributed by atoms with van der Waals surface area (Å²) in [5.74, 6) is 1.18. The number of furan rings is 1. The van der Waals surface area contributed by atoms with Crippen molar-refractivity contribution in [1.29, 1.82) is 0 Å². The van der Waals surface area contributed by atoms with Gasteiger partial charge in [0.25, 0.3) is 0 Å². The molecule has 7 heteroatoms. The summed E-state index contributed by atoms with van der Waals surface area (Å²) in [6.07, 6.45) is 1.75. The van der Waals surface area contributed by atoms with Gasteiger partial charge in [0, 0.05) is 22.5 Å². The third-order valence-electron chi connectivity index (χ3n) is 5.90. The van der Waals surface area contributed by atoms with Gasteiger partial charge in [-0.15, -0.1) is 0 Å². The largest absolute Gasteiger partial charge is 0.459 e. The van der Waals surface area contributed by atoms with E-state index in [9.17, 15) is 4.39 Å². The molecule has 2 atom stereocenters. The van der Waals surface area contributed by atoms with Crippen LogP contribution in [-0.4, -0.2) is 10.1 Å². The van der Waals surface area contributed by atoms with Crippen molar-refractivity contribution in [2.45, 2.75) is 25.9 Å². The second kappa shape index (κ2) is 8.61. The number of anilines is 1. The first kappa shape index (κ1) is 21.6. The summed E-state index contributed by atoms with van der Waals surface area (Å²) in [5.41, 5.74) is 4.16. The van der Waals surface area contributed by atoms with Gasteiger partial charge >= 0.3 is 0 Å². The SMILES string of the molecule is Cc1cc(N2C(=S)NC(c3ccccn3)C2c2ccc(-c3cc(Cl)ccc3C)o2)ccc1F. The van der Waals surface area contributed by atoms with Crippen molar-refractivity contribution in [3.05, 3.63) is 106 Å². The molecule has 3 heterocycles. The van der Waals surface area contributed by atoms with Crippen LogP contribution < -0.4 is 10.2 Å². The molecule has 5 rings (SSSR count). The Hall–Kier alpha value is -3.22. The maximum Gasteiger partial charge on any atom is 0.174 e. The van der Waals surface area contributed by atoms with Gasteiger partial charge in [-0.2, -0.15) is 0 Å². The molecule has 1 N–H and O–H groups in total. The summed E-state index contributed by atoms with van der Waals surface area (Å²) in [4.78, 5) is 6.52. The molecule has 0 aliphatic carbocycles. The van der Waals surface area contributed by atoms with Crippen LogP contribution in [0.15, 0.2) is 77.3 Å². The van der Waals surface area contributed by atoms with Crippen LogP contribution in [0.3, 0.4) is 0 Å². The van der Waals surface area contributed by atoms with Gasteiger partial charge in [0.1, 0.15) is 23.4 Å². The van der Waals surface area contributed by atoms with Crippen molar-refractivity contribution in [2.75, 3.05) is 4.90 Å². The quantitative estimate of drug-likeness (QED) is 0.323. The fourth-order valence-corrected chi connectivity index (χ4v) is 4.73. The van der Waals surface area contributed by atoms with Crippen molar-refractivity contribution in [1.82, 2.24) is 10.3 Å². The molecule has 0 spiro atoms. The average Bonchev–Trinajstić information content (AvgIpc) is 3.42. The van der Waals surface area contributed by atoms with Crippen LogP contribution in [0.25, 0.3) is 11.3 Å². The zero-order valence-electron chi connectivity index (χ0n) is 18.0. The topological polar surface area (TPSA) is 41.3 Å². The molecule has 4 nitrogen and oxygen atoms in total. The number of benzene rings is 2. The molecule has 1 aliphatic rings. The molecular formula is C26H21ClFN3OS. The minimum absolute atomic E-state index is 0.247. The number of hydrogen-bond acceptors (Lipinski definition) is 3. The summed E-state index contributed by atoms with van der Waals surface area (Å²) in [7, 11) is 0. The lowest BCUT2D eigenvalue weighted by Crippen LogP contribution is -2.29. The normalized spacial score (nSPS) is 17.9. The fraction of sp³-hybridized carbons (Fsp3) is 0.154. The average molecular weight is 478 g/mol. The highest BCUT2D eigenvalue weighted by Gasteiger charge is 2.42. The van der Waals surface area contributed by atoms with E-state index in [1.807, 2.05) is 60.4 Å². The van der Waals surface area contributed by atoms with Crippen molar-refractivity contribution in [2.24, 2.45) is 0 Å². The minimum atomic E-state index is -0.314. The van der Waals surface area contributed by atoms with E-state index < -0.39 is 0 Å². The highest BCUT2D eigenvalue weighted by Crippen LogP contribution is 2.43. The Morgan fingerprint density at radius 1 is 1.03 bits per heavy atom. The van der Waals surface area contributed by atoms with Crippen LogP contribution in [-0.2, 0) is 0 Å². The summed E-state index contributed by atoms with van der Waals surface area (Å²) in [6, 6.07) is 19.8. The molecule has 4 aromatic rings. The molecule has 1 saturated heterocycles. The number of thiocarbonyl (C=S) groups is 1. The van der Waals surface area contributed by atoms with E-state index in [1.165, 1.54) is 6.07 Å². The van der Waals surface area contributed by atoms with E-state index in [4.69, 9.17) is 28.2 Å². The Labute approximate surface area is 202 Å². The van der Waals surface area contributed by atoms with Crippen LogP contribution >= 0.6 is 23.8 Å². The van der Waals surface area contributed by atoms with Gasteiger partial charge in [0.05, 0.1) is 11.7 Å². The summed E-state index contributed by atoms with van der Waals surface area (Å²) in [6.45, 7) is 3.76. The van der Waals surface area contributed by atoms with Gasteiger partial charge in [-0.25, -0.2) is 4.39 Å². The Morgan fingerprint density at radius 2 is 1.88 bits per heavy atom. The molecule has 1 fully saturated rings. The third kappa shape index (κ3) is 4.01. The van der Waals surface area contributed by atoms with Gasteiger partial charge in [-0.1, -0.05) is 23.7 Å². The van der Waals surface area contributed by atoms with E-state index in [1.54, 1.807) is 25.3 Å². The van der Waals surface area contributed by atoms with Crippen LogP contribution in [0.2, 0.25) is 5.02 Å². The lowest BCUT2D eigenvalue weighted by atomic mass is 10.0. The highest BCUT2D eigenvalue weighted by atomic mass is 35.5. The van der Waals surface area contributed by atoms with Crippen molar-refractivity contribution >= 4 is 34.6 Å². The van der Waals surface area contributed by atoms with Gasteiger partial charge in [-0.3, -0.25) is 4.98 Å². The van der Waals surface area contributed by atoms with Crippen LogP contribution in [0, 0.1) is 19.7 Å². The van der Waals surface area contributed by atoms with E-state index >= 15 is 0 Å². The summed E-state index contributed by atoms with van der Waals surface area (Å²) < 4.78 is 20.4. The van der Waals surface area contributed by atoms with Crippen molar-refractivity contribution < 1.29 is 8.81 Å². The lowest BCUT2D eigenvalue weighted by molar-refractivity contribution is 0.439. The first-order valence-electron chi connectivity index (χ1n) is 10.6. The number of aromatic nitrogens is 1. The van der Waals surface area contributed by atoms with Crippen LogP contribution in [0.5, 0.6) is 0 Å². The Balaban J connectivity index is 1.62. The predicted molar refractivity (Wildman–Crippen MR) is 133 cm³/mol. The van der Waals surface area contributed by atoms with Gasteiger partial charge in [-0.05, 0) is 91.8 Å². The molecule has 33 heavy (non-hydrogen) atoms. The number of rotatable bonds is 4. The third-order valence-corrected chi connectivity index (χ3v) is 6.45. The molecular weight excluding hydrogens is 457 g/mol. The number of nitrogens with one attached hydrogen (secondary N) is 1. The maximum atomic E-state index is 14.0. The standard InChI is InChI=1S/C26H21ClFN3OS/c1-15-6-7-17(27)14-19(15)22-10-11-23(32-22)25-24(21-5-3-4-12-29-21)30-26(33)31(25)18-8-9-20(28)16(2)13-18/h3-14,24-25H,1-2H3,(H,30,33). The number of hydrogen-bond donors (Lipinski definition) is 1. The molecule has 0 bridgehead atoms. The lowest BCUT2D eigenvalue weighted by Gasteiger charge is -2.26. The monoisotopic (exact) mass is 477 g/mol. The zero-order chi connectivity index (χ0) is 23.1. The van der Waals surface area contributed by atoms with Crippen molar-refractivity contribution in [3.63, 3.8) is 0 Å². The Kier molecular flexibility index (Phi) is 5.64. The number of nitrogens with zero attached hydrogens (tertiary/aromatic N) is 2. The van der Waals surface area contributed by atoms with E-state index in [0.717, 1.165) is 28.3 Å². The molecule has 0 amide bonds. The van der Waals surface area contributed by atoms with E-state index in [-0.39, 0.29) is 17.9 Å². The van der Waals surface area contributed by atoms with Gasteiger partial charge in [0.2, 0.25) is 0 Å².